The summed E-state index contributed by atoms with van der Waals surface area (Å²) in [6, 6.07) is 7.43. The molecule has 17 heavy (non-hydrogen) atoms. The maximum absolute atomic E-state index is 12.3. The number of thioether (sulfide) groups is 1. The molecule has 1 atom stereocenters. The number of anilines is 2. The van der Waals surface area contributed by atoms with E-state index in [1.807, 2.05) is 31.3 Å². The molecule has 0 radical (unpaired) electrons. The van der Waals surface area contributed by atoms with Crippen LogP contribution in [0.25, 0.3) is 0 Å². The van der Waals surface area contributed by atoms with Crippen LogP contribution in [0.15, 0.2) is 24.3 Å². The van der Waals surface area contributed by atoms with Gasteiger partial charge < -0.3 is 10.6 Å². The van der Waals surface area contributed by atoms with Gasteiger partial charge in [0.05, 0.1) is 5.25 Å². The van der Waals surface area contributed by atoms with Crippen molar-refractivity contribution < 1.29 is 4.79 Å². The topological polar surface area (TPSA) is 46.3 Å². The maximum Gasteiger partial charge on any atom is 0.239 e. The zero-order valence-electron chi connectivity index (χ0n) is 10.1. The van der Waals surface area contributed by atoms with Crippen molar-refractivity contribution in [2.24, 2.45) is 0 Å². The van der Waals surface area contributed by atoms with Gasteiger partial charge in [0.15, 0.2) is 0 Å². The molecule has 1 saturated heterocycles. The molecule has 1 unspecified atom stereocenters. The summed E-state index contributed by atoms with van der Waals surface area (Å²) in [6.45, 7) is 0. The van der Waals surface area contributed by atoms with Gasteiger partial charge in [0.2, 0.25) is 5.91 Å². The van der Waals surface area contributed by atoms with E-state index >= 15 is 0 Å². The van der Waals surface area contributed by atoms with Gasteiger partial charge in [-0.2, -0.15) is 0 Å². The number of carbonyl (C=O) groups excluding carboxylic acids is 1. The fourth-order valence-electron chi connectivity index (χ4n) is 1.98. The van der Waals surface area contributed by atoms with Gasteiger partial charge in [-0.1, -0.05) is 6.42 Å². The van der Waals surface area contributed by atoms with Gasteiger partial charge in [0.25, 0.3) is 0 Å². The van der Waals surface area contributed by atoms with E-state index in [1.165, 1.54) is 12.8 Å². The largest absolute Gasteiger partial charge is 0.399 e. The van der Waals surface area contributed by atoms with E-state index in [2.05, 4.69) is 0 Å². The lowest BCUT2D eigenvalue weighted by molar-refractivity contribution is -0.118. The van der Waals surface area contributed by atoms with Crippen LogP contribution in [0.2, 0.25) is 0 Å². The van der Waals surface area contributed by atoms with E-state index in [-0.39, 0.29) is 11.2 Å². The molecule has 0 spiro atoms. The third-order valence-corrected chi connectivity index (χ3v) is 4.43. The van der Waals surface area contributed by atoms with Crippen molar-refractivity contribution in [2.75, 3.05) is 23.4 Å². The van der Waals surface area contributed by atoms with Gasteiger partial charge in [-0.25, -0.2) is 0 Å². The predicted octanol–water partition coefficient (Wildman–Crippen LogP) is 2.52. The molecule has 1 fully saturated rings. The lowest BCUT2D eigenvalue weighted by atomic mass is 10.1. The molecule has 0 bridgehead atoms. The Morgan fingerprint density at radius 1 is 1.35 bits per heavy atom. The highest BCUT2D eigenvalue weighted by Crippen LogP contribution is 2.28. The number of nitrogens with two attached hydrogens (primary N) is 1. The Morgan fingerprint density at radius 2 is 2.06 bits per heavy atom. The zero-order valence-corrected chi connectivity index (χ0v) is 10.9. The number of nitrogens with zero attached hydrogens (tertiary/aromatic N) is 1. The minimum Gasteiger partial charge on any atom is -0.399 e. The van der Waals surface area contributed by atoms with E-state index in [1.54, 1.807) is 16.7 Å². The maximum atomic E-state index is 12.3. The minimum atomic E-state index is 0.131. The SMILES string of the molecule is CN(C(=O)C1CCCCS1)c1ccc(N)cc1. The quantitative estimate of drug-likeness (QED) is 0.820. The molecule has 1 aliphatic heterocycles. The van der Waals surface area contributed by atoms with Crippen LogP contribution in [0.3, 0.4) is 0 Å². The number of hydrogen-bond donors (Lipinski definition) is 1. The predicted molar refractivity (Wildman–Crippen MR) is 74.4 cm³/mol. The van der Waals surface area contributed by atoms with Crippen LogP contribution in [-0.4, -0.2) is 24.0 Å². The Balaban J connectivity index is 2.05. The third kappa shape index (κ3) is 2.94. The first-order valence-electron chi connectivity index (χ1n) is 5.93. The number of hydrogen-bond acceptors (Lipinski definition) is 3. The summed E-state index contributed by atoms with van der Waals surface area (Å²) in [5.41, 5.74) is 7.27. The normalized spacial score (nSPS) is 19.9. The van der Waals surface area contributed by atoms with Crippen LogP contribution in [0.5, 0.6) is 0 Å². The van der Waals surface area contributed by atoms with Crippen molar-refractivity contribution in [1.82, 2.24) is 0 Å². The van der Waals surface area contributed by atoms with Crippen molar-refractivity contribution in [2.45, 2.75) is 24.5 Å². The van der Waals surface area contributed by atoms with Crippen molar-refractivity contribution in [3.8, 4) is 0 Å². The number of nitrogen functional groups attached to an aromatic ring is 1. The highest BCUT2D eigenvalue weighted by atomic mass is 32.2. The fourth-order valence-corrected chi connectivity index (χ4v) is 3.27. The molecule has 0 saturated carbocycles. The number of rotatable bonds is 2. The van der Waals surface area contributed by atoms with Crippen molar-refractivity contribution >= 4 is 29.0 Å². The molecule has 1 aromatic rings. The Morgan fingerprint density at radius 3 is 2.65 bits per heavy atom. The molecule has 1 heterocycles. The van der Waals surface area contributed by atoms with Crippen LogP contribution >= 0.6 is 11.8 Å². The first-order chi connectivity index (χ1) is 8.18. The average molecular weight is 250 g/mol. The van der Waals surface area contributed by atoms with Crippen LogP contribution in [0, 0.1) is 0 Å². The van der Waals surface area contributed by atoms with E-state index in [4.69, 9.17) is 5.73 Å². The Bertz CT molecular complexity index is 385. The molecule has 0 aliphatic carbocycles. The van der Waals surface area contributed by atoms with Crippen molar-refractivity contribution in [3.63, 3.8) is 0 Å². The minimum absolute atomic E-state index is 0.131. The number of amides is 1. The molecule has 1 amide bonds. The smallest absolute Gasteiger partial charge is 0.239 e. The summed E-state index contributed by atoms with van der Waals surface area (Å²) < 4.78 is 0. The average Bonchev–Trinajstić information content (AvgIpc) is 2.39. The van der Waals surface area contributed by atoms with E-state index in [0.717, 1.165) is 23.5 Å². The summed E-state index contributed by atoms with van der Waals surface area (Å²) in [5, 5.41) is 0.131. The van der Waals surface area contributed by atoms with Crippen molar-refractivity contribution in [1.29, 1.82) is 0 Å². The Labute approximate surface area is 106 Å². The van der Waals surface area contributed by atoms with E-state index < -0.39 is 0 Å². The summed E-state index contributed by atoms with van der Waals surface area (Å²) in [6.07, 6.45) is 3.40. The van der Waals surface area contributed by atoms with Gasteiger partial charge in [-0.05, 0) is 42.9 Å². The fraction of sp³-hybridized carbons (Fsp3) is 0.462. The van der Waals surface area contributed by atoms with E-state index in [9.17, 15) is 4.79 Å². The first-order valence-corrected chi connectivity index (χ1v) is 6.98. The van der Waals surface area contributed by atoms with Gasteiger partial charge in [0.1, 0.15) is 0 Å². The van der Waals surface area contributed by atoms with Crippen LogP contribution < -0.4 is 10.6 Å². The van der Waals surface area contributed by atoms with Gasteiger partial charge in [-0.15, -0.1) is 11.8 Å². The highest BCUT2D eigenvalue weighted by Gasteiger charge is 2.25. The molecule has 3 nitrogen and oxygen atoms in total. The third-order valence-electron chi connectivity index (χ3n) is 3.07. The lowest BCUT2D eigenvalue weighted by Gasteiger charge is -2.26. The molecular formula is C13H18N2OS. The van der Waals surface area contributed by atoms with Crippen LogP contribution in [0.1, 0.15) is 19.3 Å². The zero-order chi connectivity index (χ0) is 12.3. The summed E-state index contributed by atoms with van der Waals surface area (Å²) >= 11 is 1.78. The molecule has 92 valence electrons. The van der Waals surface area contributed by atoms with Crippen LogP contribution in [0.4, 0.5) is 11.4 Å². The lowest BCUT2D eigenvalue weighted by Crippen LogP contribution is -2.36. The second kappa shape index (κ2) is 5.45. The van der Waals surface area contributed by atoms with Crippen molar-refractivity contribution in [3.05, 3.63) is 24.3 Å². The van der Waals surface area contributed by atoms with Gasteiger partial charge in [-0.3, -0.25) is 4.79 Å². The number of carbonyl (C=O) groups is 1. The molecule has 1 aromatic carbocycles. The Hall–Kier alpha value is -1.16. The second-order valence-corrected chi connectivity index (χ2v) is 5.65. The molecule has 4 heteroatoms. The van der Waals surface area contributed by atoms with E-state index in [0.29, 0.717) is 0 Å². The molecule has 1 aliphatic rings. The standard InChI is InChI=1S/C13H18N2OS/c1-15(11-7-5-10(14)6-8-11)13(16)12-4-2-3-9-17-12/h5-8,12H,2-4,9,14H2,1H3. The highest BCUT2D eigenvalue weighted by molar-refractivity contribution is 8.00. The first kappa shape index (κ1) is 12.3. The molecule has 2 N–H and O–H groups in total. The summed E-state index contributed by atoms with van der Waals surface area (Å²) in [4.78, 5) is 14.0. The van der Waals surface area contributed by atoms with Crippen LogP contribution in [-0.2, 0) is 4.79 Å². The second-order valence-electron chi connectivity index (χ2n) is 4.34. The number of benzene rings is 1. The van der Waals surface area contributed by atoms with Gasteiger partial charge in [0, 0.05) is 18.4 Å². The molecule has 2 rings (SSSR count). The Kier molecular flexibility index (Phi) is 3.94. The van der Waals surface area contributed by atoms with Gasteiger partial charge >= 0.3 is 0 Å². The molecular weight excluding hydrogens is 232 g/mol. The summed E-state index contributed by atoms with van der Waals surface area (Å²) in [5.74, 6) is 1.31. The summed E-state index contributed by atoms with van der Waals surface area (Å²) in [7, 11) is 1.84. The molecule has 0 aromatic heterocycles. The monoisotopic (exact) mass is 250 g/mol.